The topological polar surface area (TPSA) is 74.8 Å². The van der Waals surface area contributed by atoms with Crippen molar-refractivity contribution in [1.82, 2.24) is 10.2 Å². The van der Waals surface area contributed by atoms with Gasteiger partial charge in [0.2, 0.25) is 5.91 Å². The second-order valence-corrected chi connectivity index (χ2v) is 7.29. The van der Waals surface area contributed by atoms with E-state index in [2.05, 4.69) is 15.5 Å². The van der Waals surface area contributed by atoms with Gasteiger partial charge < -0.3 is 5.32 Å². The molecule has 0 bridgehead atoms. The summed E-state index contributed by atoms with van der Waals surface area (Å²) >= 11 is 5.99. The summed E-state index contributed by atoms with van der Waals surface area (Å²) in [7, 11) is 0. The van der Waals surface area contributed by atoms with Crippen LogP contribution < -0.4 is 5.32 Å². The van der Waals surface area contributed by atoms with E-state index in [1.165, 1.54) is 0 Å². The van der Waals surface area contributed by atoms with Crippen LogP contribution in [-0.2, 0) is 4.79 Å². The molecule has 0 fully saturated rings. The van der Waals surface area contributed by atoms with E-state index in [4.69, 9.17) is 11.6 Å². The van der Waals surface area contributed by atoms with Crippen LogP contribution >= 0.6 is 11.6 Å². The van der Waals surface area contributed by atoms with Gasteiger partial charge in [-0.25, -0.2) is 0 Å². The number of anilines is 1. The highest BCUT2D eigenvalue weighted by atomic mass is 35.5. The van der Waals surface area contributed by atoms with Gasteiger partial charge in [-0.1, -0.05) is 41.4 Å². The van der Waals surface area contributed by atoms with Gasteiger partial charge in [-0.05, 0) is 37.6 Å². The number of nitrogens with one attached hydrogen (secondary N) is 2. The van der Waals surface area contributed by atoms with Crippen LogP contribution in [0.3, 0.4) is 0 Å². The van der Waals surface area contributed by atoms with E-state index in [0.29, 0.717) is 16.4 Å². The average Bonchev–Trinajstić information content (AvgIpc) is 3.07. The molecule has 1 aliphatic rings. The van der Waals surface area contributed by atoms with Crippen molar-refractivity contribution >= 4 is 29.1 Å². The fourth-order valence-electron chi connectivity index (χ4n) is 3.51. The molecule has 136 valence electrons. The number of carbonyl (C=O) groups is 2. The van der Waals surface area contributed by atoms with E-state index < -0.39 is 5.92 Å². The Morgan fingerprint density at radius 2 is 1.89 bits per heavy atom. The summed E-state index contributed by atoms with van der Waals surface area (Å²) in [5.74, 6) is -0.442. The van der Waals surface area contributed by atoms with Crippen LogP contribution in [0.2, 0.25) is 5.02 Å². The maximum atomic E-state index is 13.4. The maximum absolute atomic E-state index is 13.4. The summed E-state index contributed by atoms with van der Waals surface area (Å²) in [4.78, 5) is 25.6. The minimum atomic E-state index is -0.585. The standard InChI is InChI=1S/C21H18ClN3O2/c1-11-3-4-12(2)15(9-11)20(27)16-10-17(26)23-21-18(16)19(24-25-21)13-5-7-14(22)8-6-13/h3-9,16H,10H2,1-2H3,(H2,23,24,25,26). The fourth-order valence-corrected chi connectivity index (χ4v) is 3.63. The fraction of sp³-hybridized carbons (Fsp3) is 0.190. The molecule has 1 aromatic heterocycles. The van der Waals surface area contributed by atoms with Gasteiger partial charge in [0.1, 0.15) is 0 Å². The summed E-state index contributed by atoms with van der Waals surface area (Å²) in [6.07, 6.45) is 0.0966. The molecular weight excluding hydrogens is 362 g/mol. The number of aryl methyl sites for hydroxylation is 2. The van der Waals surface area contributed by atoms with Gasteiger partial charge in [-0.2, -0.15) is 5.10 Å². The van der Waals surface area contributed by atoms with Crippen LogP contribution in [-0.4, -0.2) is 21.9 Å². The highest BCUT2D eigenvalue weighted by Gasteiger charge is 2.36. The van der Waals surface area contributed by atoms with E-state index in [0.717, 1.165) is 27.9 Å². The van der Waals surface area contributed by atoms with Gasteiger partial charge in [-0.3, -0.25) is 14.7 Å². The number of aromatic amines is 1. The first-order chi connectivity index (χ1) is 12.9. The Kier molecular flexibility index (Phi) is 4.32. The molecular formula is C21H18ClN3O2. The molecule has 1 unspecified atom stereocenters. The van der Waals surface area contributed by atoms with Crippen molar-refractivity contribution in [2.75, 3.05) is 5.32 Å². The van der Waals surface area contributed by atoms with Crippen molar-refractivity contribution < 1.29 is 9.59 Å². The monoisotopic (exact) mass is 379 g/mol. The summed E-state index contributed by atoms with van der Waals surface area (Å²) in [5.41, 5.74) is 4.87. The molecule has 0 radical (unpaired) electrons. The molecule has 2 heterocycles. The Labute approximate surface area is 161 Å². The van der Waals surface area contributed by atoms with Crippen molar-refractivity contribution in [3.05, 3.63) is 69.7 Å². The second kappa shape index (κ2) is 6.67. The number of benzene rings is 2. The lowest BCUT2D eigenvalue weighted by atomic mass is 9.83. The number of fused-ring (bicyclic) bond motifs is 1. The van der Waals surface area contributed by atoms with Gasteiger partial charge in [0, 0.05) is 28.1 Å². The average molecular weight is 380 g/mol. The molecule has 0 spiro atoms. The van der Waals surface area contributed by atoms with Crippen LogP contribution in [0.1, 0.15) is 39.4 Å². The summed E-state index contributed by atoms with van der Waals surface area (Å²) in [5, 5.41) is 10.6. The lowest BCUT2D eigenvalue weighted by molar-refractivity contribution is -0.116. The number of rotatable bonds is 3. The van der Waals surface area contributed by atoms with E-state index >= 15 is 0 Å². The number of aromatic nitrogens is 2. The first-order valence-corrected chi connectivity index (χ1v) is 9.07. The predicted octanol–water partition coefficient (Wildman–Crippen LogP) is 4.66. The number of hydrogen-bond donors (Lipinski definition) is 2. The molecule has 1 aliphatic heterocycles. The normalized spacial score (nSPS) is 16.0. The summed E-state index contributed by atoms with van der Waals surface area (Å²) < 4.78 is 0. The molecule has 1 atom stereocenters. The van der Waals surface area contributed by atoms with E-state index in [-0.39, 0.29) is 18.1 Å². The third-order valence-corrected chi connectivity index (χ3v) is 5.16. The zero-order valence-electron chi connectivity index (χ0n) is 15.0. The maximum Gasteiger partial charge on any atom is 0.226 e. The summed E-state index contributed by atoms with van der Waals surface area (Å²) in [6, 6.07) is 13.1. The lowest BCUT2D eigenvalue weighted by Gasteiger charge is -2.23. The highest BCUT2D eigenvalue weighted by Crippen LogP contribution is 2.40. The second-order valence-electron chi connectivity index (χ2n) is 6.86. The quantitative estimate of drug-likeness (QED) is 0.650. The SMILES string of the molecule is Cc1ccc(C)c(C(=O)C2CC(=O)Nc3n[nH]c(-c4ccc(Cl)cc4)c32)c1. The number of halogens is 1. The third kappa shape index (κ3) is 3.15. The molecule has 0 aliphatic carbocycles. The number of Topliss-reactive ketones (excluding diaryl/α,β-unsaturated/α-hetero) is 1. The highest BCUT2D eigenvalue weighted by molar-refractivity contribution is 6.30. The van der Waals surface area contributed by atoms with Crippen LogP contribution in [0.25, 0.3) is 11.3 Å². The van der Waals surface area contributed by atoms with Crippen molar-refractivity contribution in [2.45, 2.75) is 26.2 Å². The Morgan fingerprint density at radius 1 is 1.15 bits per heavy atom. The summed E-state index contributed by atoms with van der Waals surface area (Å²) in [6.45, 7) is 3.86. The molecule has 0 saturated carbocycles. The molecule has 0 saturated heterocycles. The van der Waals surface area contributed by atoms with Crippen molar-refractivity contribution in [1.29, 1.82) is 0 Å². The van der Waals surface area contributed by atoms with Crippen LogP contribution in [0.5, 0.6) is 0 Å². The molecule has 1 amide bonds. The molecule has 5 nitrogen and oxygen atoms in total. The van der Waals surface area contributed by atoms with Crippen LogP contribution in [0.4, 0.5) is 5.82 Å². The van der Waals surface area contributed by atoms with Gasteiger partial charge >= 0.3 is 0 Å². The van der Waals surface area contributed by atoms with Gasteiger partial charge in [0.25, 0.3) is 0 Å². The predicted molar refractivity (Wildman–Crippen MR) is 105 cm³/mol. The van der Waals surface area contributed by atoms with Crippen LogP contribution in [0.15, 0.2) is 42.5 Å². The van der Waals surface area contributed by atoms with Gasteiger partial charge in [0.15, 0.2) is 11.6 Å². The number of carbonyl (C=O) groups excluding carboxylic acids is 2. The molecule has 2 aromatic carbocycles. The number of ketones is 1. The lowest BCUT2D eigenvalue weighted by Crippen LogP contribution is -2.27. The molecule has 2 N–H and O–H groups in total. The Balaban J connectivity index is 1.83. The first kappa shape index (κ1) is 17.5. The smallest absolute Gasteiger partial charge is 0.226 e. The van der Waals surface area contributed by atoms with E-state index in [1.54, 1.807) is 12.1 Å². The molecule has 27 heavy (non-hydrogen) atoms. The molecule has 4 rings (SSSR count). The number of nitrogens with zero attached hydrogens (tertiary/aromatic N) is 1. The zero-order chi connectivity index (χ0) is 19.1. The number of H-pyrrole nitrogens is 1. The Bertz CT molecular complexity index is 1050. The van der Waals surface area contributed by atoms with E-state index in [9.17, 15) is 9.59 Å². The minimum Gasteiger partial charge on any atom is -0.309 e. The zero-order valence-corrected chi connectivity index (χ0v) is 15.7. The van der Waals surface area contributed by atoms with Gasteiger partial charge in [-0.15, -0.1) is 0 Å². The Morgan fingerprint density at radius 3 is 2.63 bits per heavy atom. The molecule has 3 aromatic rings. The van der Waals surface area contributed by atoms with Crippen molar-refractivity contribution in [3.8, 4) is 11.3 Å². The number of hydrogen-bond acceptors (Lipinski definition) is 3. The Hall–Kier alpha value is -2.92. The van der Waals surface area contributed by atoms with Crippen molar-refractivity contribution in [3.63, 3.8) is 0 Å². The first-order valence-electron chi connectivity index (χ1n) is 8.69. The van der Waals surface area contributed by atoms with Gasteiger partial charge in [0.05, 0.1) is 11.6 Å². The molecule has 6 heteroatoms. The number of amides is 1. The van der Waals surface area contributed by atoms with E-state index in [1.807, 2.05) is 44.2 Å². The third-order valence-electron chi connectivity index (χ3n) is 4.91. The largest absolute Gasteiger partial charge is 0.309 e. The van der Waals surface area contributed by atoms with Crippen LogP contribution in [0, 0.1) is 13.8 Å². The minimum absolute atomic E-state index is 0.0658. The van der Waals surface area contributed by atoms with Crippen molar-refractivity contribution in [2.24, 2.45) is 0 Å².